The summed E-state index contributed by atoms with van der Waals surface area (Å²) >= 11 is 6.39. The van der Waals surface area contributed by atoms with Crippen molar-refractivity contribution in [3.05, 3.63) is 43.8 Å². The minimum Gasteiger partial charge on any atom is -0.464 e. The minimum atomic E-state index is -0.676. The zero-order valence-corrected chi connectivity index (χ0v) is 15.5. The van der Waals surface area contributed by atoms with E-state index < -0.39 is 28.6 Å². The van der Waals surface area contributed by atoms with Gasteiger partial charge in [-0.05, 0) is 35.4 Å². The molecule has 0 radical (unpaired) electrons. The maximum Gasteiger partial charge on any atom is 0.326 e. The molecule has 1 aromatic rings. The molecule has 1 aliphatic rings. The number of amides is 2. The van der Waals surface area contributed by atoms with E-state index in [2.05, 4.69) is 0 Å². The summed E-state index contributed by atoms with van der Waals surface area (Å²) in [5, 5.41) is 10.3. The molecule has 1 saturated heterocycles. The van der Waals surface area contributed by atoms with Gasteiger partial charge in [-0.3, -0.25) is 29.4 Å². The minimum absolute atomic E-state index is 0.0341. The number of ether oxygens (including phenoxy) is 1. The van der Waals surface area contributed by atoms with Gasteiger partial charge in [0.25, 0.3) is 16.8 Å². The molecule has 2 amide bonds. The molecule has 2 rings (SSSR count). The first-order valence-corrected chi connectivity index (χ1v) is 8.73. The number of hydrogen-bond donors (Lipinski definition) is 0. The molecule has 8 nitrogen and oxygen atoms in total. The molecule has 0 unspecified atom stereocenters. The van der Waals surface area contributed by atoms with Crippen LogP contribution in [-0.2, 0) is 14.3 Å². The predicted molar refractivity (Wildman–Crippen MR) is 96.6 cm³/mol. The summed E-state index contributed by atoms with van der Waals surface area (Å²) < 4.78 is 4.97. The number of carbonyl (C=O) groups is 3. The maximum absolute atomic E-state index is 12.3. The van der Waals surface area contributed by atoms with Gasteiger partial charge in [0.05, 0.1) is 16.4 Å². The molecule has 0 bridgehead atoms. The zero-order valence-electron chi connectivity index (χ0n) is 13.9. The maximum atomic E-state index is 12.3. The molecular weight excluding hydrogens is 384 g/mol. The molecule has 1 aromatic carbocycles. The molecule has 1 fully saturated rings. The van der Waals surface area contributed by atoms with E-state index in [9.17, 15) is 24.5 Å². The Kier molecular flexibility index (Phi) is 6.38. The molecule has 0 spiro atoms. The first-order valence-electron chi connectivity index (χ1n) is 7.54. The molecule has 0 atom stereocenters. The summed E-state index contributed by atoms with van der Waals surface area (Å²) in [5.41, 5.74) is 0.0332. The first kappa shape index (κ1) is 19.9. The number of rotatable bonds is 6. The Balaban J connectivity index is 2.15. The van der Waals surface area contributed by atoms with E-state index in [4.69, 9.17) is 16.3 Å². The highest BCUT2D eigenvalue weighted by Crippen LogP contribution is 2.33. The molecule has 0 aromatic heterocycles. The molecule has 1 heterocycles. The molecular formula is C16H15ClN2O6S. The average molecular weight is 399 g/mol. The van der Waals surface area contributed by atoms with Gasteiger partial charge in [-0.2, -0.15) is 0 Å². The third-order valence-corrected chi connectivity index (χ3v) is 4.43. The lowest BCUT2D eigenvalue weighted by molar-refractivity contribution is -0.384. The third kappa shape index (κ3) is 4.83. The van der Waals surface area contributed by atoms with Gasteiger partial charge >= 0.3 is 5.97 Å². The monoisotopic (exact) mass is 398 g/mol. The van der Waals surface area contributed by atoms with Gasteiger partial charge in [-0.1, -0.05) is 31.5 Å². The normalized spacial score (nSPS) is 15.8. The van der Waals surface area contributed by atoms with Crippen molar-refractivity contribution in [3.8, 4) is 0 Å². The van der Waals surface area contributed by atoms with Crippen LogP contribution >= 0.6 is 23.4 Å². The Labute approximate surface area is 158 Å². The van der Waals surface area contributed by atoms with E-state index in [0.29, 0.717) is 17.3 Å². The van der Waals surface area contributed by atoms with Crippen LogP contribution < -0.4 is 0 Å². The number of imide groups is 1. The molecule has 10 heteroatoms. The highest BCUT2D eigenvalue weighted by molar-refractivity contribution is 8.18. The van der Waals surface area contributed by atoms with Gasteiger partial charge in [-0.25, -0.2) is 0 Å². The predicted octanol–water partition coefficient (Wildman–Crippen LogP) is 3.48. The fraction of sp³-hybridized carbons (Fsp3) is 0.312. The molecule has 1 aliphatic heterocycles. The van der Waals surface area contributed by atoms with E-state index >= 15 is 0 Å². The lowest BCUT2D eigenvalue weighted by Gasteiger charge is -2.12. The van der Waals surface area contributed by atoms with Crippen molar-refractivity contribution in [2.75, 3.05) is 13.2 Å². The van der Waals surface area contributed by atoms with Crippen molar-refractivity contribution in [1.82, 2.24) is 4.90 Å². The molecule has 26 heavy (non-hydrogen) atoms. The Morgan fingerprint density at radius 3 is 2.73 bits per heavy atom. The number of carbonyl (C=O) groups excluding carboxylic acids is 3. The van der Waals surface area contributed by atoms with Gasteiger partial charge in [-0.15, -0.1) is 0 Å². The highest BCUT2D eigenvalue weighted by atomic mass is 35.5. The Morgan fingerprint density at radius 2 is 2.12 bits per heavy atom. The molecule has 0 aliphatic carbocycles. The summed E-state index contributed by atoms with van der Waals surface area (Å²) in [4.78, 5) is 47.2. The highest BCUT2D eigenvalue weighted by Gasteiger charge is 2.36. The third-order valence-electron chi connectivity index (χ3n) is 3.20. The Morgan fingerprint density at radius 1 is 1.42 bits per heavy atom. The van der Waals surface area contributed by atoms with E-state index in [-0.39, 0.29) is 28.1 Å². The summed E-state index contributed by atoms with van der Waals surface area (Å²) in [6.07, 6.45) is 1.34. The number of nitro benzene ring substituents is 1. The van der Waals surface area contributed by atoms with Crippen molar-refractivity contribution in [3.63, 3.8) is 0 Å². The Bertz CT molecular complexity index is 808. The molecule has 0 N–H and O–H groups in total. The van der Waals surface area contributed by atoms with E-state index in [0.717, 1.165) is 4.90 Å². The average Bonchev–Trinajstić information content (AvgIpc) is 2.82. The topological polar surface area (TPSA) is 107 Å². The van der Waals surface area contributed by atoms with Crippen molar-refractivity contribution >= 4 is 52.2 Å². The number of benzene rings is 1. The fourth-order valence-corrected chi connectivity index (χ4v) is 3.01. The van der Waals surface area contributed by atoms with Gasteiger partial charge in [0, 0.05) is 6.07 Å². The smallest absolute Gasteiger partial charge is 0.326 e. The van der Waals surface area contributed by atoms with E-state index in [1.54, 1.807) is 0 Å². The number of thioether (sulfide) groups is 1. The zero-order chi connectivity index (χ0) is 19.4. The van der Waals surface area contributed by atoms with Crippen LogP contribution in [0.25, 0.3) is 6.08 Å². The van der Waals surface area contributed by atoms with Crippen LogP contribution in [0, 0.1) is 16.0 Å². The summed E-state index contributed by atoms with van der Waals surface area (Å²) in [7, 11) is 0. The van der Waals surface area contributed by atoms with Crippen LogP contribution in [0.5, 0.6) is 0 Å². The SMILES string of the molecule is CC(C)COC(=O)CN1C(=O)S/C(=C\c2ccc(Cl)c([N+](=O)[O-])c2)C1=O. The van der Waals surface area contributed by atoms with Crippen molar-refractivity contribution < 1.29 is 24.0 Å². The number of esters is 1. The number of nitrogens with zero attached hydrogens (tertiary/aromatic N) is 2. The van der Waals surface area contributed by atoms with Crippen LogP contribution in [0.15, 0.2) is 23.1 Å². The van der Waals surface area contributed by atoms with Gasteiger partial charge in [0.1, 0.15) is 11.6 Å². The van der Waals surface area contributed by atoms with Gasteiger partial charge in [0.2, 0.25) is 0 Å². The number of hydrogen-bond acceptors (Lipinski definition) is 7. The number of halogens is 1. The summed E-state index contributed by atoms with van der Waals surface area (Å²) in [5.74, 6) is -1.20. The van der Waals surface area contributed by atoms with E-state index in [1.807, 2.05) is 13.8 Å². The molecule has 138 valence electrons. The fourth-order valence-electron chi connectivity index (χ4n) is 1.98. The van der Waals surface area contributed by atoms with Crippen LogP contribution in [0.3, 0.4) is 0 Å². The standard InChI is InChI=1S/C16H15ClN2O6S/c1-9(2)8-25-14(20)7-18-15(21)13(26-16(18)22)6-10-3-4-11(17)12(5-10)19(23)24/h3-6,9H,7-8H2,1-2H3/b13-6-. The van der Waals surface area contributed by atoms with Crippen LogP contribution in [0.1, 0.15) is 19.4 Å². The Hall–Kier alpha value is -2.39. The molecule has 0 saturated carbocycles. The van der Waals surface area contributed by atoms with Crippen molar-refractivity contribution in [2.45, 2.75) is 13.8 Å². The second-order valence-corrected chi connectivity index (χ2v) is 7.21. The van der Waals surface area contributed by atoms with Crippen LogP contribution in [-0.4, -0.2) is 40.1 Å². The van der Waals surface area contributed by atoms with Gasteiger partial charge < -0.3 is 4.74 Å². The van der Waals surface area contributed by atoms with Crippen molar-refractivity contribution in [2.24, 2.45) is 5.92 Å². The lowest BCUT2D eigenvalue weighted by atomic mass is 10.2. The summed E-state index contributed by atoms with van der Waals surface area (Å²) in [6, 6.07) is 4.02. The van der Waals surface area contributed by atoms with Gasteiger partial charge in [0.15, 0.2) is 0 Å². The summed E-state index contributed by atoms with van der Waals surface area (Å²) in [6.45, 7) is 3.44. The van der Waals surface area contributed by atoms with E-state index in [1.165, 1.54) is 24.3 Å². The van der Waals surface area contributed by atoms with Crippen molar-refractivity contribution in [1.29, 1.82) is 0 Å². The number of nitro groups is 1. The lowest BCUT2D eigenvalue weighted by Crippen LogP contribution is -2.34. The quantitative estimate of drug-likeness (QED) is 0.312. The van der Waals surface area contributed by atoms with Crippen LogP contribution in [0.2, 0.25) is 5.02 Å². The van der Waals surface area contributed by atoms with Crippen LogP contribution in [0.4, 0.5) is 10.5 Å². The largest absolute Gasteiger partial charge is 0.464 e. The second kappa shape index (κ2) is 8.33. The first-order chi connectivity index (χ1) is 12.2. The second-order valence-electron chi connectivity index (χ2n) is 5.81.